The van der Waals surface area contributed by atoms with Gasteiger partial charge in [-0.15, -0.1) is 11.3 Å². The largest absolute Gasteiger partial charge is 0.497 e. The van der Waals surface area contributed by atoms with Crippen molar-refractivity contribution in [1.29, 1.82) is 0 Å². The van der Waals surface area contributed by atoms with Crippen LogP contribution in [-0.2, 0) is 10.4 Å². The van der Waals surface area contributed by atoms with Gasteiger partial charge < -0.3 is 25.6 Å². The first-order valence-electron chi connectivity index (χ1n) is 11.5. The Morgan fingerprint density at radius 2 is 1.86 bits per heavy atom. The van der Waals surface area contributed by atoms with Crippen LogP contribution in [0.3, 0.4) is 0 Å². The van der Waals surface area contributed by atoms with Crippen molar-refractivity contribution < 1.29 is 24.5 Å². The van der Waals surface area contributed by atoms with Crippen LogP contribution in [-0.4, -0.2) is 51.4 Å². The normalized spacial score (nSPS) is 19.5. The fourth-order valence-corrected chi connectivity index (χ4v) is 5.12. The van der Waals surface area contributed by atoms with E-state index in [1.54, 1.807) is 50.6 Å². The lowest BCUT2D eigenvalue weighted by molar-refractivity contribution is -0.124. The second kappa shape index (κ2) is 10.3. The number of nitrogens with one attached hydrogen (secondary N) is 2. The molecule has 36 heavy (non-hydrogen) atoms. The molecular weight excluding hydrogens is 480 g/mol. The van der Waals surface area contributed by atoms with Gasteiger partial charge in [-0.25, -0.2) is 9.78 Å². The first-order chi connectivity index (χ1) is 17.1. The van der Waals surface area contributed by atoms with Gasteiger partial charge in [-0.05, 0) is 37.1 Å². The molecule has 1 saturated heterocycles. The topological polar surface area (TPSA) is 124 Å². The molecule has 1 aliphatic heterocycles. The third-order valence-corrected chi connectivity index (χ3v) is 7.06. The molecule has 10 heteroatoms. The van der Waals surface area contributed by atoms with Crippen LogP contribution < -0.4 is 15.4 Å². The molecule has 1 aromatic heterocycles. The zero-order valence-corrected chi connectivity index (χ0v) is 21.3. The Balaban J connectivity index is 1.65. The van der Waals surface area contributed by atoms with Crippen LogP contribution in [0.15, 0.2) is 60.0 Å². The smallest absolute Gasteiger partial charge is 0.320 e. The van der Waals surface area contributed by atoms with Crippen molar-refractivity contribution in [3.05, 3.63) is 76.8 Å². The fourth-order valence-electron chi connectivity index (χ4n) is 4.25. The standard InChI is InChI=1S/C26H30N4O5S/c1-15(16-8-6-5-7-9-16)21(22(31)29-24-27-19(14-36-24)26(2,3)34)30-23(32)20(28-25(30)33)17-10-12-18(35-4)13-11-17/h5-15,20-21,23,32,34H,1-4H3,(H,28,33)(H,27,29,31)/t15?,20-,21?,23?/m1/s1. The maximum atomic E-state index is 13.6. The summed E-state index contributed by atoms with van der Waals surface area (Å²) in [5.41, 5.74) is 0.781. The van der Waals surface area contributed by atoms with E-state index in [1.807, 2.05) is 37.3 Å². The van der Waals surface area contributed by atoms with Gasteiger partial charge in [0, 0.05) is 11.3 Å². The number of nitrogens with zero attached hydrogens (tertiary/aromatic N) is 2. The molecule has 9 nitrogen and oxygen atoms in total. The van der Waals surface area contributed by atoms with E-state index in [1.165, 1.54) is 16.2 Å². The summed E-state index contributed by atoms with van der Waals surface area (Å²) in [5.74, 6) is -0.291. The molecule has 2 aromatic carbocycles. The van der Waals surface area contributed by atoms with Gasteiger partial charge in [-0.3, -0.25) is 9.69 Å². The number of benzene rings is 2. The molecule has 4 rings (SSSR count). The summed E-state index contributed by atoms with van der Waals surface area (Å²) in [6.07, 6.45) is -1.30. The Labute approximate surface area is 213 Å². The molecule has 2 heterocycles. The van der Waals surface area contributed by atoms with E-state index >= 15 is 0 Å². The molecule has 1 aliphatic rings. The van der Waals surface area contributed by atoms with Crippen molar-refractivity contribution in [3.63, 3.8) is 0 Å². The number of carbonyl (C=O) groups is 2. The Kier molecular flexibility index (Phi) is 7.30. The van der Waals surface area contributed by atoms with Gasteiger partial charge in [0.05, 0.1) is 12.8 Å². The quantitative estimate of drug-likeness (QED) is 0.367. The van der Waals surface area contributed by atoms with E-state index in [0.29, 0.717) is 22.1 Å². The summed E-state index contributed by atoms with van der Waals surface area (Å²) in [6, 6.07) is 14.0. The van der Waals surface area contributed by atoms with Crippen molar-refractivity contribution in [2.45, 2.75) is 50.6 Å². The van der Waals surface area contributed by atoms with Crippen LogP contribution in [0.2, 0.25) is 0 Å². The highest BCUT2D eigenvalue weighted by molar-refractivity contribution is 7.14. The summed E-state index contributed by atoms with van der Waals surface area (Å²) >= 11 is 1.18. The monoisotopic (exact) mass is 510 g/mol. The Morgan fingerprint density at radius 3 is 2.44 bits per heavy atom. The fraction of sp³-hybridized carbons (Fsp3) is 0.346. The van der Waals surface area contributed by atoms with Crippen LogP contribution in [0, 0.1) is 0 Å². The van der Waals surface area contributed by atoms with Gasteiger partial charge in [0.2, 0.25) is 5.91 Å². The number of hydrogen-bond acceptors (Lipinski definition) is 7. The van der Waals surface area contributed by atoms with Gasteiger partial charge in [-0.2, -0.15) is 0 Å². The summed E-state index contributed by atoms with van der Waals surface area (Å²) in [6.45, 7) is 5.06. The van der Waals surface area contributed by atoms with Gasteiger partial charge in [0.25, 0.3) is 0 Å². The number of rotatable bonds is 8. The predicted molar refractivity (Wildman–Crippen MR) is 137 cm³/mol. The molecule has 3 aromatic rings. The Bertz CT molecular complexity index is 1210. The number of aromatic nitrogens is 1. The van der Waals surface area contributed by atoms with Gasteiger partial charge in [0.15, 0.2) is 11.4 Å². The van der Waals surface area contributed by atoms with Gasteiger partial charge in [0.1, 0.15) is 23.4 Å². The number of anilines is 1. The second-order valence-electron chi connectivity index (χ2n) is 9.25. The maximum Gasteiger partial charge on any atom is 0.320 e. The summed E-state index contributed by atoms with van der Waals surface area (Å²) in [7, 11) is 1.56. The van der Waals surface area contributed by atoms with Crippen molar-refractivity contribution in [1.82, 2.24) is 15.2 Å². The number of urea groups is 1. The number of aliphatic hydroxyl groups excluding tert-OH is 1. The van der Waals surface area contributed by atoms with E-state index in [9.17, 15) is 19.8 Å². The Morgan fingerprint density at radius 1 is 1.19 bits per heavy atom. The molecule has 0 aliphatic carbocycles. The second-order valence-corrected chi connectivity index (χ2v) is 10.1. The molecular formula is C26H30N4O5S. The van der Waals surface area contributed by atoms with E-state index in [0.717, 1.165) is 5.56 Å². The number of carbonyl (C=O) groups excluding carboxylic acids is 2. The van der Waals surface area contributed by atoms with Gasteiger partial charge in [-0.1, -0.05) is 49.4 Å². The van der Waals surface area contributed by atoms with Crippen LogP contribution in [0.5, 0.6) is 5.75 Å². The zero-order valence-electron chi connectivity index (χ0n) is 20.5. The Hall–Kier alpha value is -3.47. The molecule has 1 fully saturated rings. The maximum absolute atomic E-state index is 13.6. The van der Waals surface area contributed by atoms with Crippen LogP contribution in [0.1, 0.15) is 49.6 Å². The van der Waals surface area contributed by atoms with Crippen LogP contribution in [0.4, 0.5) is 9.93 Å². The number of hydrogen-bond donors (Lipinski definition) is 4. The highest BCUT2D eigenvalue weighted by Crippen LogP contribution is 2.34. The minimum absolute atomic E-state index is 0.295. The van der Waals surface area contributed by atoms with E-state index in [2.05, 4.69) is 15.6 Å². The lowest BCUT2D eigenvalue weighted by atomic mass is 9.91. The van der Waals surface area contributed by atoms with Crippen molar-refractivity contribution >= 4 is 28.4 Å². The van der Waals surface area contributed by atoms with E-state index in [-0.39, 0.29) is 0 Å². The number of aliphatic hydroxyl groups is 2. The lowest BCUT2D eigenvalue weighted by Gasteiger charge is -2.33. The summed E-state index contributed by atoms with van der Waals surface area (Å²) in [4.78, 5) is 32.3. The van der Waals surface area contributed by atoms with E-state index in [4.69, 9.17) is 4.74 Å². The molecule has 0 radical (unpaired) electrons. The van der Waals surface area contributed by atoms with Crippen LogP contribution in [0.25, 0.3) is 0 Å². The third kappa shape index (κ3) is 5.20. The molecule has 0 bridgehead atoms. The average molecular weight is 511 g/mol. The number of methoxy groups -OCH3 is 1. The minimum Gasteiger partial charge on any atom is -0.497 e. The predicted octanol–water partition coefficient (Wildman–Crippen LogP) is 3.57. The molecule has 0 spiro atoms. The summed E-state index contributed by atoms with van der Waals surface area (Å²) in [5, 5.41) is 29.1. The molecule has 0 saturated carbocycles. The van der Waals surface area contributed by atoms with Crippen molar-refractivity contribution in [2.75, 3.05) is 12.4 Å². The first kappa shape index (κ1) is 25.6. The lowest BCUT2D eigenvalue weighted by Crippen LogP contribution is -2.52. The summed E-state index contributed by atoms with van der Waals surface area (Å²) < 4.78 is 5.20. The van der Waals surface area contributed by atoms with Crippen LogP contribution >= 0.6 is 11.3 Å². The zero-order chi connectivity index (χ0) is 26.0. The highest BCUT2D eigenvalue weighted by atomic mass is 32.1. The number of amides is 3. The first-order valence-corrected chi connectivity index (χ1v) is 12.4. The molecule has 3 amide bonds. The highest BCUT2D eigenvalue weighted by Gasteiger charge is 2.47. The number of thiazole rings is 1. The average Bonchev–Trinajstić information content (AvgIpc) is 3.45. The SMILES string of the molecule is COc1ccc([C@H]2NC(=O)N(C(C(=O)Nc3nc(C(C)(C)O)cs3)C(C)c3ccccc3)C2O)cc1. The van der Waals surface area contributed by atoms with Crippen molar-refractivity contribution in [2.24, 2.45) is 0 Å². The molecule has 3 unspecified atom stereocenters. The minimum atomic E-state index is -1.30. The molecule has 4 N–H and O–H groups in total. The van der Waals surface area contributed by atoms with E-state index < -0.39 is 41.8 Å². The number of ether oxygens (including phenoxy) is 1. The third-order valence-electron chi connectivity index (χ3n) is 6.30. The van der Waals surface area contributed by atoms with Crippen molar-refractivity contribution in [3.8, 4) is 5.75 Å². The van der Waals surface area contributed by atoms with Gasteiger partial charge >= 0.3 is 6.03 Å². The molecule has 190 valence electrons. The molecule has 4 atom stereocenters.